The van der Waals surface area contributed by atoms with Gasteiger partial charge in [0.15, 0.2) is 11.5 Å². The SMILES string of the molecule is Br.COc1cc2c(cc1OC)[C@H](CCc1ccc(Cl)cc1)N(C)CC2. The van der Waals surface area contributed by atoms with Gasteiger partial charge in [0.2, 0.25) is 0 Å². The first-order chi connectivity index (χ1) is 11.6. The molecule has 0 bridgehead atoms. The van der Waals surface area contributed by atoms with Crippen molar-refractivity contribution in [3.05, 3.63) is 58.1 Å². The van der Waals surface area contributed by atoms with Gasteiger partial charge >= 0.3 is 0 Å². The number of hydrogen-bond acceptors (Lipinski definition) is 3. The highest BCUT2D eigenvalue weighted by Crippen LogP contribution is 2.39. The van der Waals surface area contributed by atoms with Crippen LogP contribution in [0.25, 0.3) is 0 Å². The fourth-order valence-electron chi connectivity index (χ4n) is 3.48. The fraction of sp³-hybridized carbons (Fsp3) is 0.400. The molecule has 0 aliphatic carbocycles. The van der Waals surface area contributed by atoms with Gasteiger partial charge in [-0.3, -0.25) is 4.90 Å². The quantitative estimate of drug-likeness (QED) is 0.664. The first kappa shape index (κ1) is 20.1. The number of rotatable bonds is 5. The maximum Gasteiger partial charge on any atom is 0.161 e. The number of benzene rings is 2. The van der Waals surface area contributed by atoms with Crippen molar-refractivity contribution in [3.8, 4) is 11.5 Å². The summed E-state index contributed by atoms with van der Waals surface area (Å²) in [5.41, 5.74) is 4.04. The van der Waals surface area contributed by atoms with Crippen LogP contribution in [0.1, 0.15) is 29.2 Å². The second kappa shape index (κ2) is 8.93. The lowest BCUT2D eigenvalue weighted by Crippen LogP contribution is -2.32. The predicted molar refractivity (Wildman–Crippen MR) is 109 cm³/mol. The smallest absolute Gasteiger partial charge is 0.161 e. The van der Waals surface area contributed by atoms with E-state index >= 15 is 0 Å². The third-order valence-corrected chi connectivity index (χ3v) is 5.14. The molecule has 0 radical (unpaired) electrons. The van der Waals surface area contributed by atoms with E-state index in [0.29, 0.717) is 6.04 Å². The molecule has 0 spiro atoms. The summed E-state index contributed by atoms with van der Waals surface area (Å²) in [4.78, 5) is 2.43. The van der Waals surface area contributed by atoms with Crippen LogP contribution in [0.3, 0.4) is 0 Å². The molecule has 2 aromatic rings. The molecule has 136 valence electrons. The van der Waals surface area contributed by atoms with Gasteiger partial charge < -0.3 is 9.47 Å². The third-order valence-electron chi connectivity index (χ3n) is 4.89. The Balaban J connectivity index is 0.00000225. The standard InChI is InChI=1S/C20H24ClNO2.BrH/c1-22-11-10-15-12-19(23-2)20(24-3)13-17(15)18(22)9-6-14-4-7-16(21)8-5-14;/h4-5,7-8,12-13,18H,6,9-11H2,1-3H3;1H/t18-;/m0./s1. The van der Waals surface area contributed by atoms with Crippen LogP contribution in [0.15, 0.2) is 36.4 Å². The Kier molecular flexibility index (Phi) is 7.17. The van der Waals surface area contributed by atoms with E-state index in [4.69, 9.17) is 21.1 Å². The van der Waals surface area contributed by atoms with Crippen LogP contribution in [0, 0.1) is 0 Å². The second-order valence-corrected chi connectivity index (χ2v) is 6.75. The Bertz CT molecular complexity index is 706. The number of likely N-dealkylation sites (N-methyl/N-ethyl adjacent to an activating group) is 1. The lowest BCUT2D eigenvalue weighted by Gasteiger charge is -2.35. The maximum atomic E-state index is 5.98. The van der Waals surface area contributed by atoms with Crippen LogP contribution < -0.4 is 9.47 Å². The van der Waals surface area contributed by atoms with Crippen molar-refractivity contribution in [2.24, 2.45) is 0 Å². The van der Waals surface area contributed by atoms with Gasteiger partial charge in [-0.2, -0.15) is 0 Å². The van der Waals surface area contributed by atoms with E-state index in [-0.39, 0.29) is 17.0 Å². The van der Waals surface area contributed by atoms with E-state index in [0.717, 1.165) is 42.3 Å². The van der Waals surface area contributed by atoms with Crippen LogP contribution in [0.4, 0.5) is 0 Å². The highest BCUT2D eigenvalue weighted by molar-refractivity contribution is 8.93. The van der Waals surface area contributed by atoms with Crippen molar-refractivity contribution >= 4 is 28.6 Å². The highest BCUT2D eigenvalue weighted by Gasteiger charge is 2.26. The molecular weight excluding hydrogens is 402 g/mol. The zero-order valence-corrected chi connectivity index (χ0v) is 17.4. The maximum absolute atomic E-state index is 5.98. The molecule has 0 saturated carbocycles. The first-order valence-corrected chi connectivity index (χ1v) is 8.69. The zero-order chi connectivity index (χ0) is 17.1. The molecule has 1 aliphatic heterocycles. The van der Waals surface area contributed by atoms with Gasteiger partial charge in [-0.15, -0.1) is 17.0 Å². The summed E-state index contributed by atoms with van der Waals surface area (Å²) in [7, 11) is 5.59. The van der Waals surface area contributed by atoms with Crippen LogP contribution in [0.2, 0.25) is 5.02 Å². The average Bonchev–Trinajstić information content (AvgIpc) is 2.61. The summed E-state index contributed by atoms with van der Waals surface area (Å²) in [5.74, 6) is 1.63. The van der Waals surface area contributed by atoms with Gasteiger partial charge in [0, 0.05) is 17.6 Å². The number of methoxy groups -OCH3 is 2. The molecule has 25 heavy (non-hydrogen) atoms. The molecule has 1 aliphatic rings. The lowest BCUT2D eigenvalue weighted by molar-refractivity contribution is 0.218. The van der Waals surface area contributed by atoms with E-state index < -0.39 is 0 Å². The number of hydrogen-bond donors (Lipinski definition) is 0. The summed E-state index contributed by atoms with van der Waals surface area (Å²) in [6.45, 7) is 1.06. The van der Waals surface area contributed by atoms with E-state index in [9.17, 15) is 0 Å². The zero-order valence-electron chi connectivity index (χ0n) is 14.9. The molecule has 0 aromatic heterocycles. The average molecular weight is 427 g/mol. The minimum atomic E-state index is 0. The monoisotopic (exact) mass is 425 g/mol. The van der Waals surface area contributed by atoms with Crippen molar-refractivity contribution in [3.63, 3.8) is 0 Å². The Morgan fingerprint density at radius 2 is 1.72 bits per heavy atom. The van der Waals surface area contributed by atoms with Gasteiger partial charge in [0.05, 0.1) is 14.2 Å². The van der Waals surface area contributed by atoms with E-state index in [1.54, 1.807) is 14.2 Å². The molecule has 5 heteroatoms. The molecule has 3 rings (SSSR count). The molecule has 1 heterocycles. The van der Waals surface area contributed by atoms with E-state index in [2.05, 4.69) is 36.2 Å². The summed E-state index contributed by atoms with van der Waals surface area (Å²) < 4.78 is 11.0. The summed E-state index contributed by atoms with van der Waals surface area (Å²) in [5, 5.41) is 0.788. The van der Waals surface area contributed by atoms with Crippen LogP contribution in [-0.2, 0) is 12.8 Å². The van der Waals surface area contributed by atoms with Gasteiger partial charge in [0.25, 0.3) is 0 Å². The number of fused-ring (bicyclic) bond motifs is 1. The fourth-order valence-corrected chi connectivity index (χ4v) is 3.61. The topological polar surface area (TPSA) is 21.7 Å². The van der Waals surface area contributed by atoms with Crippen molar-refractivity contribution in [1.82, 2.24) is 4.90 Å². The Labute approximate surface area is 165 Å². The summed E-state index contributed by atoms with van der Waals surface area (Å²) in [6.07, 6.45) is 3.14. The van der Waals surface area contributed by atoms with Crippen LogP contribution in [-0.4, -0.2) is 32.7 Å². The number of nitrogens with zero attached hydrogens (tertiary/aromatic N) is 1. The largest absolute Gasteiger partial charge is 0.493 e. The van der Waals surface area contributed by atoms with Crippen LogP contribution in [0.5, 0.6) is 11.5 Å². The minimum Gasteiger partial charge on any atom is -0.493 e. The number of halogens is 2. The van der Waals surface area contributed by atoms with Crippen molar-refractivity contribution in [2.45, 2.75) is 25.3 Å². The van der Waals surface area contributed by atoms with Crippen LogP contribution >= 0.6 is 28.6 Å². The number of ether oxygens (including phenoxy) is 2. The molecule has 2 aromatic carbocycles. The lowest BCUT2D eigenvalue weighted by atomic mass is 9.89. The minimum absolute atomic E-state index is 0. The molecule has 0 amide bonds. The van der Waals surface area contributed by atoms with Gasteiger partial charge in [-0.05, 0) is 67.3 Å². The molecule has 0 fully saturated rings. The first-order valence-electron chi connectivity index (χ1n) is 8.32. The normalized spacial score (nSPS) is 16.7. The summed E-state index contributed by atoms with van der Waals surface area (Å²) >= 11 is 5.98. The van der Waals surface area contributed by atoms with E-state index in [1.807, 2.05) is 12.1 Å². The molecule has 0 N–H and O–H groups in total. The second-order valence-electron chi connectivity index (χ2n) is 6.32. The predicted octanol–water partition coefficient (Wildman–Crippen LogP) is 5.10. The molecule has 0 saturated heterocycles. The number of aryl methyl sites for hydroxylation is 1. The Morgan fingerprint density at radius 3 is 2.36 bits per heavy atom. The molecule has 0 unspecified atom stereocenters. The highest BCUT2D eigenvalue weighted by atomic mass is 79.9. The third kappa shape index (κ3) is 4.49. The van der Waals surface area contributed by atoms with Crippen molar-refractivity contribution in [1.29, 1.82) is 0 Å². The van der Waals surface area contributed by atoms with Crippen molar-refractivity contribution in [2.75, 3.05) is 27.8 Å². The van der Waals surface area contributed by atoms with Gasteiger partial charge in [0.1, 0.15) is 0 Å². The molecule has 3 nitrogen and oxygen atoms in total. The Morgan fingerprint density at radius 1 is 1.08 bits per heavy atom. The van der Waals surface area contributed by atoms with E-state index in [1.165, 1.54) is 16.7 Å². The van der Waals surface area contributed by atoms with Gasteiger partial charge in [-0.25, -0.2) is 0 Å². The summed E-state index contributed by atoms with van der Waals surface area (Å²) in [6, 6.07) is 12.8. The molecule has 1 atom stereocenters. The Hall–Kier alpha value is -1.23. The van der Waals surface area contributed by atoms with Crippen molar-refractivity contribution < 1.29 is 9.47 Å². The molecular formula is C20H25BrClNO2. The van der Waals surface area contributed by atoms with Gasteiger partial charge in [-0.1, -0.05) is 23.7 Å².